The number of hydrogen-bond acceptors (Lipinski definition) is 4. The minimum atomic E-state index is -4.94. The summed E-state index contributed by atoms with van der Waals surface area (Å²) in [6.07, 6.45) is -4.35. The molecule has 7 heteroatoms. The fourth-order valence-corrected chi connectivity index (χ4v) is 3.30. The maximum atomic E-state index is 12.2. The Morgan fingerprint density at radius 3 is 2.52 bits per heavy atom. The third-order valence-corrected chi connectivity index (χ3v) is 4.51. The highest BCUT2D eigenvalue weighted by molar-refractivity contribution is 5.75. The quantitative estimate of drug-likeness (QED) is 0.844. The van der Waals surface area contributed by atoms with Gasteiger partial charge >= 0.3 is 12.1 Å². The number of rotatable bonds is 5. The summed E-state index contributed by atoms with van der Waals surface area (Å²) in [5, 5.41) is 2.76. The van der Waals surface area contributed by atoms with Crippen molar-refractivity contribution in [3.8, 4) is 0 Å². The minimum absolute atomic E-state index is 0.299. The van der Waals surface area contributed by atoms with Crippen molar-refractivity contribution in [3.05, 3.63) is 35.9 Å². The Morgan fingerprint density at radius 2 is 1.96 bits per heavy atom. The monoisotopic (exact) mass is 329 g/mol. The Balaban J connectivity index is 1.39. The number of carbonyl (C=O) groups is 1. The van der Waals surface area contributed by atoms with E-state index < -0.39 is 18.4 Å². The minimum Gasteiger partial charge on any atom is -0.439 e. The predicted molar refractivity (Wildman–Crippen MR) is 75.2 cm³/mol. The van der Waals surface area contributed by atoms with E-state index in [4.69, 9.17) is 4.74 Å². The average Bonchev–Trinajstić information content (AvgIpc) is 2.45. The van der Waals surface area contributed by atoms with Crippen LogP contribution in [-0.2, 0) is 20.9 Å². The fourth-order valence-electron chi connectivity index (χ4n) is 3.30. The summed E-state index contributed by atoms with van der Waals surface area (Å²) in [5.41, 5.74) is 0.741. The van der Waals surface area contributed by atoms with Crippen molar-refractivity contribution in [1.29, 1.82) is 0 Å². The standard InChI is InChI=1S/C16H18F3NO3/c17-16(18,19)14(21)23-13-15(10-20-13)6-12(7-15)9-22-8-11-4-2-1-3-5-11/h1-5,12-13,20H,6-10H2. The van der Waals surface area contributed by atoms with Gasteiger partial charge in [-0.15, -0.1) is 0 Å². The molecule has 126 valence electrons. The first-order valence-electron chi connectivity index (χ1n) is 7.52. The van der Waals surface area contributed by atoms with Crippen LogP contribution in [0.25, 0.3) is 0 Å². The Bertz CT molecular complexity index is 555. The number of hydrogen-bond donors (Lipinski definition) is 1. The van der Waals surface area contributed by atoms with Gasteiger partial charge in [0.2, 0.25) is 0 Å². The van der Waals surface area contributed by atoms with Crippen LogP contribution in [0.3, 0.4) is 0 Å². The lowest BCUT2D eigenvalue weighted by Crippen LogP contribution is -2.69. The van der Waals surface area contributed by atoms with Crippen molar-refractivity contribution < 1.29 is 27.4 Å². The molecule has 4 nitrogen and oxygen atoms in total. The van der Waals surface area contributed by atoms with Crippen molar-refractivity contribution in [1.82, 2.24) is 5.32 Å². The lowest BCUT2D eigenvalue weighted by atomic mass is 9.57. The van der Waals surface area contributed by atoms with Crippen molar-refractivity contribution in [2.24, 2.45) is 11.3 Å². The van der Waals surface area contributed by atoms with Crippen molar-refractivity contribution in [2.75, 3.05) is 13.2 Å². The van der Waals surface area contributed by atoms with Gasteiger partial charge in [-0.2, -0.15) is 13.2 Å². The number of carbonyl (C=O) groups excluding carboxylic acids is 1. The molecule has 1 atom stereocenters. The van der Waals surface area contributed by atoms with Crippen LogP contribution >= 0.6 is 0 Å². The van der Waals surface area contributed by atoms with Crippen LogP contribution in [0.1, 0.15) is 18.4 Å². The number of halogens is 3. The lowest BCUT2D eigenvalue weighted by molar-refractivity contribution is -0.235. The summed E-state index contributed by atoms with van der Waals surface area (Å²) in [4.78, 5) is 10.9. The number of esters is 1. The van der Waals surface area contributed by atoms with Crippen molar-refractivity contribution >= 4 is 5.97 Å². The molecule has 1 heterocycles. The smallest absolute Gasteiger partial charge is 0.439 e. The van der Waals surface area contributed by atoms with Gasteiger partial charge in [0, 0.05) is 18.6 Å². The van der Waals surface area contributed by atoms with Gasteiger partial charge < -0.3 is 9.47 Å². The number of benzene rings is 1. The van der Waals surface area contributed by atoms with Gasteiger partial charge in [-0.25, -0.2) is 4.79 Å². The Hall–Kier alpha value is -1.60. The van der Waals surface area contributed by atoms with Gasteiger partial charge in [0.25, 0.3) is 0 Å². The van der Waals surface area contributed by atoms with Gasteiger partial charge in [0.05, 0.1) is 6.61 Å². The topological polar surface area (TPSA) is 47.6 Å². The highest BCUT2D eigenvalue weighted by atomic mass is 19.4. The fraction of sp³-hybridized carbons (Fsp3) is 0.562. The molecular formula is C16H18F3NO3. The number of nitrogens with one attached hydrogen (secondary N) is 1. The van der Waals surface area contributed by atoms with Gasteiger partial charge in [0.1, 0.15) is 0 Å². The molecule has 1 aromatic rings. The molecule has 1 saturated carbocycles. The molecule has 1 spiro atoms. The summed E-state index contributed by atoms with van der Waals surface area (Å²) in [5.74, 6) is -1.83. The zero-order valence-corrected chi connectivity index (χ0v) is 12.4. The molecular weight excluding hydrogens is 311 g/mol. The van der Waals surface area contributed by atoms with E-state index in [1.807, 2.05) is 30.3 Å². The molecule has 0 bridgehead atoms. The van der Waals surface area contributed by atoms with Crippen molar-refractivity contribution in [3.63, 3.8) is 0 Å². The van der Waals surface area contributed by atoms with E-state index in [-0.39, 0.29) is 5.41 Å². The summed E-state index contributed by atoms with van der Waals surface area (Å²) >= 11 is 0. The molecule has 1 N–H and O–H groups in total. The van der Waals surface area contributed by atoms with E-state index in [2.05, 4.69) is 10.1 Å². The van der Waals surface area contributed by atoms with E-state index in [1.165, 1.54) is 0 Å². The summed E-state index contributed by atoms with van der Waals surface area (Å²) in [6, 6.07) is 9.77. The van der Waals surface area contributed by atoms with Crippen LogP contribution in [0.4, 0.5) is 13.2 Å². The Kier molecular flexibility index (Phi) is 4.33. The van der Waals surface area contributed by atoms with Crippen LogP contribution in [0.15, 0.2) is 30.3 Å². The third kappa shape index (κ3) is 3.50. The molecule has 0 amide bonds. The van der Waals surface area contributed by atoms with Crippen molar-refractivity contribution in [2.45, 2.75) is 31.9 Å². The second-order valence-electron chi connectivity index (χ2n) is 6.30. The zero-order valence-electron chi connectivity index (χ0n) is 12.4. The van der Waals surface area contributed by atoms with E-state index in [9.17, 15) is 18.0 Å². The first-order chi connectivity index (χ1) is 10.9. The second kappa shape index (κ2) is 6.13. The van der Waals surface area contributed by atoms with E-state index in [0.29, 0.717) is 38.5 Å². The van der Waals surface area contributed by atoms with Crippen LogP contribution in [0.2, 0.25) is 0 Å². The molecule has 2 fully saturated rings. The largest absolute Gasteiger partial charge is 0.490 e. The number of alkyl halides is 3. The third-order valence-electron chi connectivity index (χ3n) is 4.51. The first kappa shape index (κ1) is 16.3. The highest BCUT2D eigenvalue weighted by Gasteiger charge is 2.58. The maximum absolute atomic E-state index is 12.2. The van der Waals surface area contributed by atoms with Gasteiger partial charge in [-0.1, -0.05) is 30.3 Å². The Morgan fingerprint density at radius 1 is 1.26 bits per heavy atom. The molecule has 0 aromatic heterocycles. The average molecular weight is 329 g/mol. The zero-order chi connectivity index (χ0) is 16.5. The molecule has 1 unspecified atom stereocenters. The predicted octanol–water partition coefficient (Wildman–Crippen LogP) is 2.63. The molecule has 23 heavy (non-hydrogen) atoms. The number of ether oxygens (including phenoxy) is 2. The summed E-state index contributed by atoms with van der Waals surface area (Å²) < 4.78 is 46.8. The summed E-state index contributed by atoms with van der Waals surface area (Å²) in [7, 11) is 0. The van der Waals surface area contributed by atoms with E-state index >= 15 is 0 Å². The van der Waals surface area contributed by atoms with Crippen LogP contribution in [-0.4, -0.2) is 31.5 Å². The SMILES string of the molecule is O=C(OC1NCC12CC(COCc1ccccc1)C2)C(F)(F)F. The molecule has 3 rings (SSSR count). The van der Waals surface area contributed by atoms with Crippen LogP contribution < -0.4 is 5.32 Å². The molecule has 1 aromatic carbocycles. The van der Waals surface area contributed by atoms with Gasteiger partial charge in [-0.05, 0) is 24.3 Å². The summed E-state index contributed by atoms with van der Waals surface area (Å²) in [6.45, 7) is 1.67. The van der Waals surface area contributed by atoms with Gasteiger partial charge in [0.15, 0.2) is 6.23 Å². The van der Waals surface area contributed by atoms with Gasteiger partial charge in [-0.3, -0.25) is 5.32 Å². The molecule has 1 saturated heterocycles. The molecule has 1 aliphatic heterocycles. The molecule has 0 radical (unpaired) electrons. The highest BCUT2D eigenvalue weighted by Crippen LogP contribution is 2.52. The molecule has 2 aliphatic rings. The lowest BCUT2D eigenvalue weighted by Gasteiger charge is -2.58. The molecule has 1 aliphatic carbocycles. The first-order valence-corrected chi connectivity index (χ1v) is 7.52. The van der Waals surface area contributed by atoms with E-state index in [1.54, 1.807) is 0 Å². The Labute approximate surface area is 132 Å². The van der Waals surface area contributed by atoms with Crippen LogP contribution in [0.5, 0.6) is 0 Å². The van der Waals surface area contributed by atoms with E-state index in [0.717, 1.165) is 5.56 Å². The van der Waals surface area contributed by atoms with Crippen LogP contribution in [0, 0.1) is 11.3 Å². The normalized spacial score (nSPS) is 29.7. The maximum Gasteiger partial charge on any atom is 0.490 e. The second-order valence-corrected chi connectivity index (χ2v) is 6.30.